The van der Waals surface area contributed by atoms with Gasteiger partial charge >= 0.3 is 0 Å². The van der Waals surface area contributed by atoms with Crippen molar-refractivity contribution in [3.05, 3.63) is 61.2 Å². The molecule has 0 aliphatic heterocycles. The maximum absolute atomic E-state index is 6.00. The van der Waals surface area contributed by atoms with E-state index in [2.05, 4.69) is 37.5 Å². The van der Waals surface area contributed by atoms with Crippen molar-refractivity contribution in [1.29, 1.82) is 0 Å². The number of benzene rings is 1. The van der Waals surface area contributed by atoms with Gasteiger partial charge in [0.25, 0.3) is 0 Å². The van der Waals surface area contributed by atoms with E-state index >= 15 is 0 Å². The SMILES string of the molecule is C=CCCN[C@@H](C=C)[C@@H](CC)OCc1ccccc1. The Morgan fingerprint density at radius 3 is 2.58 bits per heavy atom. The second-order valence-corrected chi connectivity index (χ2v) is 4.54. The molecule has 2 atom stereocenters. The quantitative estimate of drug-likeness (QED) is 0.511. The lowest BCUT2D eigenvalue weighted by molar-refractivity contribution is 0.0230. The van der Waals surface area contributed by atoms with E-state index in [1.807, 2.05) is 30.4 Å². The van der Waals surface area contributed by atoms with Gasteiger partial charge in [-0.15, -0.1) is 13.2 Å². The maximum Gasteiger partial charge on any atom is 0.0765 e. The van der Waals surface area contributed by atoms with Crippen molar-refractivity contribution in [3.63, 3.8) is 0 Å². The highest BCUT2D eigenvalue weighted by Gasteiger charge is 2.16. The fourth-order valence-electron chi connectivity index (χ4n) is 1.97. The first kappa shape index (κ1) is 15.7. The van der Waals surface area contributed by atoms with E-state index in [0.717, 1.165) is 19.4 Å². The fraction of sp³-hybridized carbons (Fsp3) is 0.412. The lowest BCUT2D eigenvalue weighted by atomic mass is 10.1. The topological polar surface area (TPSA) is 21.3 Å². The summed E-state index contributed by atoms with van der Waals surface area (Å²) < 4.78 is 6.00. The van der Waals surface area contributed by atoms with Crippen molar-refractivity contribution in [1.82, 2.24) is 5.32 Å². The summed E-state index contributed by atoms with van der Waals surface area (Å²) in [6.45, 7) is 11.3. The Balaban J connectivity index is 2.45. The summed E-state index contributed by atoms with van der Waals surface area (Å²) in [6.07, 6.45) is 5.92. The number of ether oxygens (including phenoxy) is 1. The monoisotopic (exact) mass is 259 g/mol. The summed E-state index contributed by atoms with van der Waals surface area (Å²) >= 11 is 0. The van der Waals surface area contributed by atoms with E-state index in [-0.39, 0.29) is 12.1 Å². The van der Waals surface area contributed by atoms with Gasteiger partial charge in [0, 0.05) is 0 Å². The van der Waals surface area contributed by atoms with Crippen molar-refractivity contribution in [3.8, 4) is 0 Å². The largest absolute Gasteiger partial charge is 0.372 e. The van der Waals surface area contributed by atoms with Gasteiger partial charge in [0.15, 0.2) is 0 Å². The van der Waals surface area contributed by atoms with Gasteiger partial charge in [0.2, 0.25) is 0 Å². The molecule has 0 saturated carbocycles. The van der Waals surface area contributed by atoms with E-state index in [1.165, 1.54) is 5.56 Å². The number of rotatable bonds is 10. The molecule has 0 bridgehead atoms. The molecule has 0 heterocycles. The first-order valence-electron chi connectivity index (χ1n) is 6.94. The smallest absolute Gasteiger partial charge is 0.0765 e. The van der Waals surface area contributed by atoms with Crippen LogP contribution >= 0.6 is 0 Å². The third-order valence-corrected chi connectivity index (χ3v) is 3.09. The average Bonchev–Trinajstić information content (AvgIpc) is 2.47. The fourth-order valence-corrected chi connectivity index (χ4v) is 1.97. The molecule has 1 rings (SSSR count). The highest BCUT2D eigenvalue weighted by molar-refractivity contribution is 5.13. The average molecular weight is 259 g/mol. The second-order valence-electron chi connectivity index (χ2n) is 4.54. The van der Waals surface area contributed by atoms with Crippen LogP contribution in [-0.2, 0) is 11.3 Å². The molecule has 1 aromatic rings. The summed E-state index contributed by atoms with van der Waals surface area (Å²) in [5.41, 5.74) is 1.20. The molecule has 2 heteroatoms. The molecule has 0 aromatic heterocycles. The summed E-state index contributed by atoms with van der Waals surface area (Å²) in [5, 5.41) is 3.44. The lowest BCUT2D eigenvalue weighted by Crippen LogP contribution is -2.39. The Bertz CT molecular complexity index is 361. The second kappa shape index (κ2) is 9.54. The molecule has 2 nitrogen and oxygen atoms in total. The summed E-state index contributed by atoms with van der Waals surface area (Å²) in [4.78, 5) is 0. The Morgan fingerprint density at radius 1 is 1.26 bits per heavy atom. The molecule has 0 fully saturated rings. The minimum Gasteiger partial charge on any atom is -0.372 e. The van der Waals surface area contributed by atoms with Crippen LogP contribution in [0.5, 0.6) is 0 Å². The Morgan fingerprint density at radius 2 is 2.00 bits per heavy atom. The van der Waals surface area contributed by atoms with Gasteiger partial charge in [-0.1, -0.05) is 49.4 Å². The van der Waals surface area contributed by atoms with Crippen molar-refractivity contribution >= 4 is 0 Å². The highest BCUT2D eigenvalue weighted by atomic mass is 16.5. The van der Waals surface area contributed by atoms with Gasteiger partial charge < -0.3 is 10.1 Å². The molecule has 0 unspecified atom stereocenters. The first-order chi connectivity index (χ1) is 9.31. The summed E-state index contributed by atoms with van der Waals surface area (Å²) in [7, 11) is 0. The Hall–Kier alpha value is -1.38. The Labute approximate surface area is 117 Å². The van der Waals surface area contributed by atoms with E-state index in [0.29, 0.717) is 6.61 Å². The van der Waals surface area contributed by atoms with Gasteiger partial charge in [0.05, 0.1) is 18.8 Å². The van der Waals surface area contributed by atoms with Crippen molar-refractivity contribution in [2.45, 2.75) is 38.5 Å². The van der Waals surface area contributed by atoms with Gasteiger partial charge in [-0.2, -0.15) is 0 Å². The van der Waals surface area contributed by atoms with Gasteiger partial charge in [-0.05, 0) is 24.9 Å². The maximum atomic E-state index is 6.00. The molecule has 0 amide bonds. The van der Waals surface area contributed by atoms with E-state index in [1.54, 1.807) is 0 Å². The summed E-state index contributed by atoms with van der Waals surface area (Å²) in [5.74, 6) is 0. The zero-order valence-corrected chi connectivity index (χ0v) is 11.8. The molecule has 0 aliphatic carbocycles. The number of hydrogen-bond donors (Lipinski definition) is 1. The van der Waals surface area contributed by atoms with Crippen LogP contribution in [0.1, 0.15) is 25.3 Å². The van der Waals surface area contributed by atoms with Gasteiger partial charge in [-0.3, -0.25) is 0 Å². The van der Waals surface area contributed by atoms with Crippen LogP contribution < -0.4 is 5.32 Å². The van der Waals surface area contributed by atoms with Crippen molar-refractivity contribution < 1.29 is 4.74 Å². The standard InChI is InChI=1S/C17H25NO/c1-4-7-13-18-16(5-2)17(6-3)19-14-15-11-9-8-10-12-15/h4-5,8-12,16-18H,1-2,6-7,13-14H2,3H3/t16-,17+/m0/s1. The predicted molar refractivity (Wildman–Crippen MR) is 82.1 cm³/mol. The molecule has 104 valence electrons. The van der Waals surface area contributed by atoms with Gasteiger partial charge in [0.1, 0.15) is 0 Å². The number of nitrogens with one attached hydrogen (secondary N) is 1. The lowest BCUT2D eigenvalue weighted by Gasteiger charge is -2.25. The highest BCUT2D eigenvalue weighted by Crippen LogP contribution is 2.10. The normalized spacial score (nSPS) is 13.7. The third-order valence-electron chi connectivity index (χ3n) is 3.09. The first-order valence-corrected chi connectivity index (χ1v) is 6.94. The van der Waals surface area contributed by atoms with Crippen molar-refractivity contribution in [2.24, 2.45) is 0 Å². The minimum absolute atomic E-state index is 0.155. The van der Waals surface area contributed by atoms with E-state index in [9.17, 15) is 0 Å². The Kier molecular flexibility index (Phi) is 7.87. The molecule has 19 heavy (non-hydrogen) atoms. The zero-order chi connectivity index (χ0) is 13.9. The number of hydrogen-bond acceptors (Lipinski definition) is 2. The van der Waals surface area contributed by atoms with Crippen LogP contribution in [-0.4, -0.2) is 18.7 Å². The third kappa shape index (κ3) is 5.86. The van der Waals surface area contributed by atoms with Crippen molar-refractivity contribution in [2.75, 3.05) is 6.54 Å². The molecular formula is C17H25NO. The molecule has 0 spiro atoms. The van der Waals surface area contributed by atoms with Crippen LogP contribution in [0.25, 0.3) is 0 Å². The molecule has 0 radical (unpaired) electrons. The van der Waals surface area contributed by atoms with Crippen LogP contribution in [0.4, 0.5) is 0 Å². The molecule has 0 aliphatic rings. The predicted octanol–water partition coefficient (Wildman–Crippen LogP) is 3.70. The summed E-state index contributed by atoms with van der Waals surface area (Å²) in [6, 6.07) is 10.4. The van der Waals surface area contributed by atoms with Crippen LogP contribution in [0.2, 0.25) is 0 Å². The van der Waals surface area contributed by atoms with Crippen LogP contribution in [0.3, 0.4) is 0 Å². The van der Waals surface area contributed by atoms with Crippen LogP contribution in [0, 0.1) is 0 Å². The van der Waals surface area contributed by atoms with E-state index in [4.69, 9.17) is 4.74 Å². The van der Waals surface area contributed by atoms with Gasteiger partial charge in [-0.25, -0.2) is 0 Å². The minimum atomic E-state index is 0.155. The molecule has 1 N–H and O–H groups in total. The van der Waals surface area contributed by atoms with Crippen LogP contribution in [0.15, 0.2) is 55.6 Å². The molecule has 0 saturated heterocycles. The molecule has 1 aromatic carbocycles. The van der Waals surface area contributed by atoms with E-state index < -0.39 is 0 Å². The molecular weight excluding hydrogens is 234 g/mol. The zero-order valence-electron chi connectivity index (χ0n) is 11.8.